The predicted molar refractivity (Wildman–Crippen MR) is 199 cm³/mol. The Morgan fingerprint density at radius 3 is 1.58 bits per heavy atom. The van der Waals surface area contributed by atoms with Crippen LogP contribution in [0, 0.1) is 11.8 Å². The van der Waals surface area contributed by atoms with Crippen molar-refractivity contribution in [2.24, 2.45) is 11.8 Å². The van der Waals surface area contributed by atoms with Crippen LogP contribution in [0.25, 0.3) is 0 Å². The summed E-state index contributed by atoms with van der Waals surface area (Å²) in [6.45, 7) is 25.6. The molecule has 0 aromatic heterocycles. The Morgan fingerprint density at radius 1 is 0.740 bits per heavy atom. The van der Waals surface area contributed by atoms with E-state index in [0.717, 1.165) is 11.1 Å². The number of carbonyl (C=O) groups is 3. The second kappa shape index (κ2) is 15.8. The zero-order valence-corrected chi connectivity index (χ0v) is 33.3. The van der Waals surface area contributed by atoms with Crippen LogP contribution in [-0.4, -0.2) is 52.8 Å². The van der Waals surface area contributed by atoms with Crippen LogP contribution in [0.4, 0.5) is 4.79 Å². The van der Waals surface area contributed by atoms with E-state index in [-0.39, 0.29) is 28.6 Å². The van der Waals surface area contributed by atoms with E-state index in [2.05, 4.69) is 52.2 Å². The summed E-state index contributed by atoms with van der Waals surface area (Å²) < 4.78 is 33.0. The van der Waals surface area contributed by atoms with Gasteiger partial charge in [-0.1, -0.05) is 93.5 Å². The monoisotopic (exact) mass is 713 g/mol. The van der Waals surface area contributed by atoms with Crippen molar-refractivity contribution in [1.29, 1.82) is 0 Å². The van der Waals surface area contributed by atoms with E-state index in [1.165, 1.54) is 4.90 Å². The smallest absolute Gasteiger partial charge is 0.444 e. The number of nitrogens with one attached hydrogen (secondary N) is 2. The Balaban J connectivity index is 1.94. The van der Waals surface area contributed by atoms with Gasteiger partial charge >= 0.3 is 13.7 Å². The number of likely N-dealkylation sites (tertiary alicyclic amines) is 1. The van der Waals surface area contributed by atoms with E-state index in [1.54, 1.807) is 45.0 Å². The van der Waals surface area contributed by atoms with Crippen LogP contribution >= 0.6 is 7.60 Å². The molecule has 2 aromatic carbocycles. The minimum absolute atomic E-state index is 0.0937. The Morgan fingerprint density at radius 2 is 1.20 bits per heavy atom. The fourth-order valence-corrected chi connectivity index (χ4v) is 7.85. The van der Waals surface area contributed by atoms with Gasteiger partial charge in [-0.15, -0.1) is 0 Å². The number of amides is 3. The van der Waals surface area contributed by atoms with Crippen molar-refractivity contribution in [3.8, 4) is 11.5 Å². The molecule has 3 atom stereocenters. The van der Waals surface area contributed by atoms with Crippen molar-refractivity contribution >= 4 is 25.5 Å². The van der Waals surface area contributed by atoms with Gasteiger partial charge in [-0.2, -0.15) is 0 Å². The Hall–Kier alpha value is -3.52. The maximum atomic E-state index is 15.1. The highest BCUT2D eigenvalue weighted by molar-refractivity contribution is 7.55. The number of carbonyl (C=O) groups excluding carboxylic acids is 3. The first-order valence-corrected chi connectivity index (χ1v) is 19.3. The second-order valence-corrected chi connectivity index (χ2v) is 19.0. The third kappa shape index (κ3) is 11.0. The maximum Gasteiger partial charge on any atom is 0.453 e. The van der Waals surface area contributed by atoms with Crippen molar-refractivity contribution in [2.75, 3.05) is 6.54 Å². The molecule has 0 bridgehead atoms. The highest BCUT2D eigenvalue weighted by Gasteiger charge is 2.46. The van der Waals surface area contributed by atoms with Crippen molar-refractivity contribution in [1.82, 2.24) is 15.5 Å². The molecular formula is C39H60N3O7P. The second-order valence-electron chi connectivity index (χ2n) is 17.0. The number of nitrogens with zero attached hydrogens (tertiary/aromatic N) is 1. The molecule has 278 valence electrons. The molecular weight excluding hydrogens is 653 g/mol. The van der Waals surface area contributed by atoms with E-state index in [9.17, 15) is 14.4 Å². The molecule has 1 unspecified atom stereocenters. The van der Waals surface area contributed by atoms with Crippen LogP contribution in [0.1, 0.15) is 114 Å². The first-order valence-electron chi connectivity index (χ1n) is 17.7. The highest BCUT2D eigenvalue weighted by Crippen LogP contribution is 2.54. The van der Waals surface area contributed by atoms with Gasteiger partial charge in [-0.05, 0) is 91.7 Å². The molecule has 0 aliphatic carbocycles. The first kappa shape index (κ1) is 40.9. The standard InChI is InChI=1S/C39H60N3O7P/c1-25(2)32(40-36(45)47-39(11,12)13)35(44)42-24-14-15-31(42)33(43)41-34(26(3)4)50(46,48-29-20-16-27(17-21-29)37(5,6)7)49-30-22-18-28(19-23-30)38(8,9)10/h16-23,25-26,31-32,34H,14-15,24H2,1-13H3,(H,40,45)(H,41,43)/t31-,32-,34?/m0/s1. The fraction of sp³-hybridized carbons (Fsp3) is 0.615. The topological polar surface area (TPSA) is 123 Å². The molecule has 11 heteroatoms. The molecule has 0 spiro atoms. The van der Waals surface area contributed by atoms with Crippen LogP contribution < -0.4 is 19.7 Å². The summed E-state index contributed by atoms with van der Waals surface area (Å²) in [5.41, 5.74) is 1.24. The summed E-state index contributed by atoms with van der Waals surface area (Å²) in [4.78, 5) is 42.1. The summed E-state index contributed by atoms with van der Waals surface area (Å²) in [5.74, 6) is -1.85. The predicted octanol–water partition coefficient (Wildman–Crippen LogP) is 8.57. The average Bonchev–Trinajstić information content (AvgIpc) is 3.47. The van der Waals surface area contributed by atoms with Gasteiger partial charge in [0, 0.05) is 6.54 Å². The van der Waals surface area contributed by atoms with Crippen molar-refractivity contribution in [3.05, 3.63) is 59.7 Å². The molecule has 1 aliphatic rings. The zero-order valence-electron chi connectivity index (χ0n) is 32.4. The van der Waals surface area contributed by atoms with E-state index in [4.69, 9.17) is 13.8 Å². The SMILES string of the molecule is CC(C)C(NC(=O)[C@@H]1CCCN1C(=O)[C@@H](NC(=O)OC(C)(C)C)C(C)C)P(=O)(Oc1ccc(C(C)(C)C)cc1)Oc1ccc(C(C)(C)C)cc1. The average molecular weight is 714 g/mol. The van der Waals surface area contributed by atoms with Crippen LogP contribution in [-0.2, 0) is 29.7 Å². The molecule has 1 fully saturated rings. The number of hydrogen-bond acceptors (Lipinski definition) is 7. The van der Waals surface area contributed by atoms with Gasteiger partial charge in [0.25, 0.3) is 0 Å². The van der Waals surface area contributed by atoms with Gasteiger partial charge in [0.15, 0.2) is 5.78 Å². The maximum absolute atomic E-state index is 15.1. The lowest BCUT2D eigenvalue weighted by Gasteiger charge is -2.34. The Bertz CT molecular complexity index is 1450. The van der Waals surface area contributed by atoms with Crippen LogP contribution in [0.5, 0.6) is 11.5 Å². The summed E-state index contributed by atoms with van der Waals surface area (Å²) in [6.07, 6.45) is 0.304. The van der Waals surface area contributed by atoms with Crippen LogP contribution in [0.15, 0.2) is 48.5 Å². The highest BCUT2D eigenvalue weighted by atomic mass is 31.2. The lowest BCUT2D eigenvalue weighted by molar-refractivity contribution is -0.141. The van der Waals surface area contributed by atoms with E-state index in [0.29, 0.717) is 30.9 Å². The number of benzene rings is 2. The molecule has 0 radical (unpaired) electrons. The molecule has 0 saturated carbocycles. The third-order valence-corrected chi connectivity index (χ3v) is 10.9. The molecule has 3 rings (SSSR count). The van der Waals surface area contributed by atoms with E-state index >= 15 is 4.57 Å². The number of hydrogen-bond donors (Lipinski definition) is 2. The van der Waals surface area contributed by atoms with Crippen molar-refractivity contribution in [3.63, 3.8) is 0 Å². The summed E-state index contributed by atoms with van der Waals surface area (Å²) >= 11 is 0. The summed E-state index contributed by atoms with van der Waals surface area (Å²) in [6, 6.07) is 13.0. The van der Waals surface area contributed by atoms with Gasteiger partial charge < -0.3 is 29.3 Å². The molecule has 1 aliphatic heterocycles. The molecule has 50 heavy (non-hydrogen) atoms. The minimum atomic E-state index is -4.16. The van der Waals surface area contributed by atoms with Gasteiger partial charge in [-0.25, -0.2) is 9.36 Å². The Kier molecular flexibility index (Phi) is 12.9. The van der Waals surface area contributed by atoms with Gasteiger partial charge in [0.1, 0.15) is 29.2 Å². The molecule has 2 N–H and O–H groups in total. The summed E-state index contributed by atoms with van der Waals surface area (Å²) in [7, 11) is -4.16. The van der Waals surface area contributed by atoms with E-state index < -0.39 is 43.1 Å². The third-order valence-electron chi connectivity index (χ3n) is 8.61. The first-order chi connectivity index (χ1) is 22.9. The number of ether oxygens (including phenoxy) is 1. The minimum Gasteiger partial charge on any atom is -0.444 e. The van der Waals surface area contributed by atoms with Crippen molar-refractivity contribution < 1.29 is 32.7 Å². The zero-order chi connectivity index (χ0) is 37.8. The lowest BCUT2D eigenvalue weighted by atomic mass is 9.87. The summed E-state index contributed by atoms with van der Waals surface area (Å²) in [5, 5.41) is 5.68. The number of rotatable bonds is 11. The number of alkyl carbamates (subject to hydrolysis) is 1. The normalized spacial score (nSPS) is 16.9. The Labute approximate surface area is 299 Å². The van der Waals surface area contributed by atoms with Crippen LogP contribution in [0.2, 0.25) is 0 Å². The molecule has 1 saturated heterocycles. The largest absolute Gasteiger partial charge is 0.453 e. The van der Waals surface area contributed by atoms with Gasteiger partial charge in [0.2, 0.25) is 11.8 Å². The molecule has 10 nitrogen and oxygen atoms in total. The van der Waals surface area contributed by atoms with E-state index in [1.807, 2.05) is 52.0 Å². The fourth-order valence-electron chi connectivity index (χ4n) is 5.74. The van der Waals surface area contributed by atoms with Crippen molar-refractivity contribution in [2.45, 2.75) is 137 Å². The molecule has 2 aromatic rings. The van der Waals surface area contributed by atoms with Crippen LogP contribution in [0.3, 0.4) is 0 Å². The quantitative estimate of drug-likeness (QED) is 0.224. The van der Waals surface area contributed by atoms with Gasteiger partial charge in [-0.3, -0.25) is 9.59 Å². The molecule has 1 heterocycles. The van der Waals surface area contributed by atoms with Gasteiger partial charge in [0.05, 0.1) is 0 Å². The lowest BCUT2D eigenvalue weighted by Crippen LogP contribution is -2.56. The molecule has 3 amide bonds.